The molecular formula is C18H21N5O2. The maximum atomic E-state index is 12.4. The van der Waals surface area contributed by atoms with E-state index in [9.17, 15) is 9.59 Å². The zero-order valence-corrected chi connectivity index (χ0v) is 14.0. The summed E-state index contributed by atoms with van der Waals surface area (Å²) in [6.45, 7) is 5.30. The first kappa shape index (κ1) is 15.8. The van der Waals surface area contributed by atoms with Crippen molar-refractivity contribution in [3.05, 3.63) is 58.6 Å². The Morgan fingerprint density at radius 3 is 2.52 bits per heavy atom. The van der Waals surface area contributed by atoms with Crippen LogP contribution in [-0.4, -0.2) is 71.0 Å². The fourth-order valence-electron chi connectivity index (χ4n) is 3.45. The lowest BCUT2D eigenvalue weighted by Crippen LogP contribution is -2.64. The lowest BCUT2D eigenvalue weighted by Gasteiger charge is -2.48. The van der Waals surface area contributed by atoms with Crippen LogP contribution in [0.2, 0.25) is 0 Å². The SMILES string of the molecule is O=C(c1cccc(=O)[nH]1)N1CC(N2CCN(c3ccccn3)CC2)C1. The number of rotatable bonds is 3. The van der Waals surface area contributed by atoms with Crippen molar-refractivity contribution >= 4 is 11.7 Å². The van der Waals surface area contributed by atoms with Crippen LogP contribution in [0.25, 0.3) is 0 Å². The molecule has 0 atom stereocenters. The van der Waals surface area contributed by atoms with Crippen molar-refractivity contribution in [2.75, 3.05) is 44.2 Å². The maximum Gasteiger partial charge on any atom is 0.270 e. The molecule has 2 aromatic heterocycles. The Hall–Kier alpha value is -2.67. The van der Waals surface area contributed by atoms with Crippen LogP contribution in [0.4, 0.5) is 5.82 Å². The first-order valence-electron chi connectivity index (χ1n) is 8.59. The van der Waals surface area contributed by atoms with E-state index in [-0.39, 0.29) is 11.5 Å². The Kier molecular flexibility index (Phi) is 4.23. The summed E-state index contributed by atoms with van der Waals surface area (Å²) < 4.78 is 0. The number of aromatic amines is 1. The molecule has 2 aliphatic rings. The topological polar surface area (TPSA) is 72.5 Å². The van der Waals surface area contributed by atoms with E-state index in [0.717, 1.165) is 45.1 Å². The number of piperazine rings is 1. The van der Waals surface area contributed by atoms with E-state index < -0.39 is 0 Å². The van der Waals surface area contributed by atoms with Gasteiger partial charge in [-0.05, 0) is 18.2 Å². The van der Waals surface area contributed by atoms with Gasteiger partial charge in [0.25, 0.3) is 5.91 Å². The summed E-state index contributed by atoms with van der Waals surface area (Å²) in [6.07, 6.45) is 1.82. The third kappa shape index (κ3) is 3.28. The zero-order chi connectivity index (χ0) is 17.2. The normalized spacial score (nSPS) is 18.9. The van der Waals surface area contributed by atoms with Gasteiger partial charge in [0.15, 0.2) is 0 Å². The monoisotopic (exact) mass is 339 g/mol. The molecule has 130 valence electrons. The smallest absolute Gasteiger partial charge is 0.270 e. The number of aromatic nitrogens is 2. The highest BCUT2D eigenvalue weighted by molar-refractivity contribution is 5.92. The fourth-order valence-corrected chi connectivity index (χ4v) is 3.45. The number of hydrogen-bond acceptors (Lipinski definition) is 5. The van der Waals surface area contributed by atoms with Gasteiger partial charge in [0.2, 0.25) is 5.56 Å². The Balaban J connectivity index is 1.29. The first-order chi connectivity index (χ1) is 12.2. The minimum Gasteiger partial charge on any atom is -0.354 e. The number of likely N-dealkylation sites (tertiary alicyclic amines) is 1. The van der Waals surface area contributed by atoms with Crippen LogP contribution in [0.1, 0.15) is 10.5 Å². The minimum absolute atomic E-state index is 0.0962. The number of pyridine rings is 2. The molecule has 0 aromatic carbocycles. The molecule has 2 fully saturated rings. The van der Waals surface area contributed by atoms with E-state index in [0.29, 0.717) is 11.7 Å². The molecule has 0 bridgehead atoms. The highest BCUT2D eigenvalue weighted by Crippen LogP contribution is 2.20. The fraction of sp³-hybridized carbons (Fsp3) is 0.389. The molecule has 2 aliphatic heterocycles. The third-order valence-corrected chi connectivity index (χ3v) is 4.95. The first-order valence-corrected chi connectivity index (χ1v) is 8.59. The van der Waals surface area contributed by atoms with Crippen LogP contribution in [0.3, 0.4) is 0 Å². The van der Waals surface area contributed by atoms with Crippen molar-refractivity contribution in [2.24, 2.45) is 0 Å². The van der Waals surface area contributed by atoms with Gasteiger partial charge >= 0.3 is 0 Å². The van der Waals surface area contributed by atoms with Crippen molar-refractivity contribution in [3.63, 3.8) is 0 Å². The van der Waals surface area contributed by atoms with Crippen LogP contribution < -0.4 is 10.5 Å². The average Bonchev–Trinajstić information content (AvgIpc) is 2.62. The maximum absolute atomic E-state index is 12.4. The summed E-state index contributed by atoms with van der Waals surface area (Å²) in [5.41, 5.74) is 0.125. The molecule has 2 aromatic rings. The number of nitrogens with zero attached hydrogens (tertiary/aromatic N) is 4. The van der Waals surface area contributed by atoms with Gasteiger partial charge in [0.05, 0.1) is 0 Å². The minimum atomic E-state index is -0.242. The molecule has 0 spiro atoms. The lowest BCUT2D eigenvalue weighted by atomic mass is 10.1. The van der Waals surface area contributed by atoms with Crippen molar-refractivity contribution in [1.82, 2.24) is 19.8 Å². The van der Waals surface area contributed by atoms with E-state index >= 15 is 0 Å². The summed E-state index contributed by atoms with van der Waals surface area (Å²) in [5.74, 6) is 0.932. The van der Waals surface area contributed by atoms with E-state index in [2.05, 4.69) is 19.8 Å². The molecule has 1 N–H and O–H groups in total. The second-order valence-corrected chi connectivity index (χ2v) is 6.50. The molecule has 7 heteroatoms. The highest BCUT2D eigenvalue weighted by atomic mass is 16.2. The van der Waals surface area contributed by atoms with Gasteiger partial charge in [-0.15, -0.1) is 0 Å². The number of carbonyl (C=O) groups is 1. The molecule has 4 heterocycles. The number of amides is 1. The van der Waals surface area contributed by atoms with Gasteiger partial charge in [-0.1, -0.05) is 12.1 Å². The second kappa shape index (κ2) is 6.68. The molecule has 0 radical (unpaired) electrons. The van der Waals surface area contributed by atoms with Crippen molar-refractivity contribution < 1.29 is 4.79 Å². The summed E-state index contributed by atoms with van der Waals surface area (Å²) in [7, 11) is 0. The van der Waals surface area contributed by atoms with E-state index in [4.69, 9.17) is 0 Å². The van der Waals surface area contributed by atoms with Crippen molar-refractivity contribution in [2.45, 2.75) is 6.04 Å². The third-order valence-electron chi connectivity index (χ3n) is 4.95. The number of nitrogens with one attached hydrogen (secondary N) is 1. The Morgan fingerprint density at radius 2 is 1.84 bits per heavy atom. The number of hydrogen-bond donors (Lipinski definition) is 1. The number of H-pyrrole nitrogens is 1. The van der Waals surface area contributed by atoms with Crippen LogP contribution in [-0.2, 0) is 0 Å². The summed E-state index contributed by atoms with van der Waals surface area (Å²) in [4.78, 5) is 37.2. The van der Waals surface area contributed by atoms with Gasteiger partial charge in [-0.3, -0.25) is 14.5 Å². The molecule has 0 aliphatic carbocycles. The second-order valence-electron chi connectivity index (χ2n) is 6.50. The predicted molar refractivity (Wildman–Crippen MR) is 94.8 cm³/mol. The number of carbonyl (C=O) groups excluding carboxylic acids is 1. The van der Waals surface area contributed by atoms with Gasteiger partial charge in [-0.2, -0.15) is 0 Å². The molecule has 25 heavy (non-hydrogen) atoms. The van der Waals surface area contributed by atoms with Gasteiger partial charge in [0.1, 0.15) is 11.5 Å². The largest absolute Gasteiger partial charge is 0.354 e. The van der Waals surface area contributed by atoms with Crippen LogP contribution in [0.5, 0.6) is 0 Å². The van der Waals surface area contributed by atoms with Crippen LogP contribution in [0.15, 0.2) is 47.4 Å². The van der Waals surface area contributed by atoms with Crippen LogP contribution >= 0.6 is 0 Å². The summed E-state index contributed by atoms with van der Waals surface area (Å²) >= 11 is 0. The average molecular weight is 339 g/mol. The van der Waals surface area contributed by atoms with E-state index in [1.807, 2.05) is 24.4 Å². The molecule has 7 nitrogen and oxygen atoms in total. The molecular weight excluding hydrogens is 318 g/mol. The predicted octanol–water partition coefficient (Wildman–Crippen LogP) is 0.416. The van der Waals surface area contributed by atoms with E-state index in [1.54, 1.807) is 17.0 Å². The highest BCUT2D eigenvalue weighted by Gasteiger charge is 2.36. The molecule has 0 saturated carbocycles. The Morgan fingerprint density at radius 1 is 1.04 bits per heavy atom. The molecule has 0 unspecified atom stereocenters. The van der Waals surface area contributed by atoms with Gasteiger partial charge < -0.3 is 14.8 Å². The standard InChI is InChI=1S/C18H21N5O2/c24-17-6-3-4-15(20-17)18(25)23-12-14(13-23)21-8-10-22(11-9-21)16-5-1-2-7-19-16/h1-7,14H,8-13H2,(H,20,24). The quantitative estimate of drug-likeness (QED) is 0.877. The molecule has 1 amide bonds. The zero-order valence-electron chi connectivity index (χ0n) is 14.0. The van der Waals surface area contributed by atoms with E-state index in [1.165, 1.54) is 6.07 Å². The summed E-state index contributed by atoms with van der Waals surface area (Å²) in [5, 5.41) is 0. The van der Waals surface area contributed by atoms with Gasteiger partial charge in [-0.25, -0.2) is 4.98 Å². The van der Waals surface area contributed by atoms with Crippen molar-refractivity contribution in [3.8, 4) is 0 Å². The molecule has 2 saturated heterocycles. The van der Waals surface area contributed by atoms with Crippen LogP contribution in [0, 0.1) is 0 Å². The van der Waals surface area contributed by atoms with Crippen molar-refractivity contribution in [1.29, 1.82) is 0 Å². The Labute approximate surface area is 145 Å². The van der Waals surface area contributed by atoms with Gasteiger partial charge in [0, 0.05) is 57.6 Å². The lowest BCUT2D eigenvalue weighted by molar-refractivity contribution is 0.0241. The number of anilines is 1. The Bertz CT molecular complexity index is 792. The molecule has 4 rings (SSSR count). The summed E-state index contributed by atoms with van der Waals surface area (Å²) in [6, 6.07) is 11.1.